The molecule has 3 heterocycles. The molecule has 0 atom stereocenters. The molecule has 0 saturated carbocycles. The number of aryl methyl sites for hydroxylation is 1. The summed E-state index contributed by atoms with van der Waals surface area (Å²) < 4.78 is 68.3. The van der Waals surface area contributed by atoms with Crippen molar-refractivity contribution in [3.8, 4) is 0 Å². The van der Waals surface area contributed by atoms with Crippen LogP contribution in [0.1, 0.15) is 41.4 Å². The maximum absolute atomic E-state index is 13.6. The number of Topliss-reactive ketones (excluding diaryl/α,β-unsaturated/α-hetero) is 1. The number of hydrogen-bond donors (Lipinski definition) is 0. The molecule has 1 aliphatic rings. The van der Waals surface area contributed by atoms with Crippen molar-refractivity contribution >= 4 is 28.3 Å². The Morgan fingerprint density at radius 2 is 1.79 bits per heavy atom. The first kappa shape index (κ1) is 19.5. The number of carbonyl (C=O) groups excluding carboxylic acids is 1. The summed E-state index contributed by atoms with van der Waals surface area (Å²) in [7, 11) is 0. The molecule has 0 amide bonds. The van der Waals surface area contributed by atoms with Crippen LogP contribution < -0.4 is 4.90 Å². The van der Waals surface area contributed by atoms with Gasteiger partial charge in [0.1, 0.15) is 5.65 Å². The zero-order valence-electron chi connectivity index (χ0n) is 15.6. The normalized spacial score (nSPS) is 17.3. The van der Waals surface area contributed by atoms with Crippen molar-refractivity contribution in [2.45, 2.75) is 38.8 Å². The molecule has 0 unspecified atom stereocenters. The van der Waals surface area contributed by atoms with E-state index >= 15 is 0 Å². The second-order valence-corrected chi connectivity index (χ2v) is 7.34. The molecule has 1 saturated heterocycles. The summed E-state index contributed by atoms with van der Waals surface area (Å²) in [5.74, 6) is -3.05. The maximum atomic E-state index is 13.6. The summed E-state index contributed by atoms with van der Waals surface area (Å²) >= 11 is 0. The van der Waals surface area contributed by atoms with Gasteiger partial charge in [0.15, 0.2) is 11.5 Å². The molecular formula is C19H17F5N4O. The monoisotopic (exact) mass is 412 g/mol. The Bertz CT molecular complexity index is 1130. The van der Waals surface area contributed by atoms with Crippen molar-refractivity contribution in [2.75, 3.05) is 18.0 Å². The number of halogens is 5. The zero-order valence-corrected chi connectivity index (χ0v) is 15.6. The second kappa shape index (κ2) is 6.36. The van der Waals surface area contributed by atoms with Gasteiger partial charge in [0.2, 0.25) is 5.95 Å². The molecule has 29 heavy (non-hydrogen) atoms. The molecule has 5 nitrogen and oxygen atoms in total. The molecular weight excluding hydrogens is 395 g/mol. The number of ketones is 1. The highest BCUT2D eigenvalue weighted by atomic mass is 19.4. The Hall–Kier alpha value is -2.78. The van der Waals surface area contributed by atoms with Crippen LogP contribution in [0.3, 0.4) is 0 Å². The molecule has 0 N–H and O–H groups in total. The fraction of sp³-hybridized carbons (Fsp3) is 0.421. The first-order chi connectivity index (χ1) is 13.5. The van der Waals surface area contributed by atoms with E-state index in [1.54, 1.807) is 19.1 Å². The Morgan fingerprint density at radius 1 is 1.14 bits per heavy atom. The van der Waals surface area contributed by atoms with E-state index in [4.69, 9.17) is 0 Å². The Balaban J connectivity index is 2.02. The largest absolute Gasteiger partial charge is 0.434 e. The number of rotatable bonds is 2. The predicted molar refractivity (Wildman–Crippen MR) is 96.6 cm³/mol. The Morgan fingerprint density at radius 3 is 2.38 bits per heavy atom. The van der Waals surface area contributed by atoms with Crippen LogP contribution in [0, 0.1) is 6.92 Å². The topological polar surface area (TPSA) is 50.5 Å². The molecule has 1 aromatic carbocycles. The lowest BCUT2D eigenvalue weighted by Crippen LogP contribution is -2.40. The van der Waals surface area contributed by atoms with Crippen molar-refractivity contribution in [3.63, 3.8) is 0 Å². The molecule has 2 aromatic heterocycles. The fourth-order valence-corrected chi connectivity index (χ4v) is 3.61. The van der Waals surface area contributed by atoms with Crippen molar-refractivity contribution in [2.24, 2.45) is 0 Å². The summed E-state index contributed by atoms with van der Waals surface area (Å²) in [6.45, 7) is 2.92. The van der Waals surface area contributed by atoms with E-state index in [0.29, 0.717) is 10.9 Å². The molecule has 0 bridgehead atoms. The van der Waals surface area contributed by atoms with Gasteiger partial charge in [-0.05, 0) is 31.5 Å². The molecule has 0 spiro atoms. The number of carbonyl (C=O) groups is 1. The van der Waals surface area contributed by atoms with E-state index in [0.717, 1.165) is 6.20 Å². The number of fused-ring (bicyclic) bond motifs is 3. The van der Waals surface area contributed by atoms with E-state index in [9.17, 15) is 26.7 Å². The van der Waals surface area contributed by atoms with Crippen LogP contribution in [0.2, 0.25) is 0 Å². The molecule has 0 aliphatic carbocycles. The SMILES string of the molecule is CC(=O)c1cc(C)cc2c1nc(N1CCC(F)(F)CC1)n1cc(C(F)(F)F)nc21. The number of piperidine rings is 1. The van der Waals surface area contributed by atoms with E-state index in [-0.39, 0.29) is 41.5 Å². The van der Waals surface area contributed by atoms with Crippen LogP contribution >= 0.6 is 0 Å². The van der Waals surface area contributed by atoms with Gasteiger partial charge in [-0.2, -0.15) is 13.2 Å². The first-order valence-electron chi connectivity index (χ1n) is 9.01. The third-order valence-electron chi connectivity index (χ3n) is 5.08. The van der Waals surface area contributed by atoms with Crippen LogP contribution in [0.5, 0.6) is 0 Å². The lowest BCUT2D eigenvalue weighted by Gasteiger charge is -2.32. The van der Waals surface area contributed by atoms with Crippen LogP contribution in [0.15, 0.2) is 18.3 Å². The van der Waals surface area contributed by atoms with E-state index in [1.807, 2.05) is 0 Å². The predicted octanol–water partition coefficient (Wildman–Crippen LogP) is 4.65. The van der Waals surface area contributed by atoms with Crippen LogP contribution in [0.4, 0.5) is 27.9 Å². The molecule has 154 valence electrons. The minimum atomic E-state index is -4.68. The number of aromatic nitrogens is 3. The summed E-state index contributed by atoms with van der Waals surface area (Å²) in [6, 6.07) is 3.22. The van der Waals surface area contributed by atoms with Crippen molar-refractivity contribution in [1.82, 2.24) is 14.4 Å². The average molecular weight is 412 g/mol. The highest BCUT2D eigenvalue weighted by Crippen LogP contribution is 2.35. The van der Waals surface area contributed by atoms with Gasteiger partial charge >= 0.3 is 6.18 Å². The van der Waals surface area contributed by atoms with Crippen molar-refractivity contribution < 1.29 is 26.7 Å². The van der Waals surface area contributed by atoms with Gasteiger partial charge in [-0.15, -0.1) is 0 Å². The lowest BCUT2D eigenvalue weighted by molar-refractivity contribution is -0.140. The van der Waals surface area contributed by atoms with Crippen molar-refractivity contribution in [3.05, 3.63) is 35.2 Å². The quantitative estimate of drug-likeness (QED) is 0.454. The van der Waals surface area contributed by atoms with Gasteiger partial charge in [0.25, 0.3) is 5.92 Å². The number of hydrogen-bond acceptors (Lipinski definition) is 4. The summed E-state index contributed by atoms with van der Waals surface area (Å²) in [5, 5.41) is 0.303. The third-order valence-corrected chi connectivity index (χ3v) is 5.08. The molecule has 4 rings (SSSR count). The van der Waals surface area contributed by atoms with Crippen molar-refractivity contribution in [1.29, 1.82) is 0 Å². The van der Waals surface area contributed by atoms with E-state index in [1.165, 1.54) is 16.2 Å². The highest BCUT2D eigenvalue weighted by molar-refractivity contribution is 6.09. The lowest BCUT2D eigenvalue weighted by atomic mass is 10.0. The van der Waals surface area contributed by atoms with Gasteiger partial charge in [-0.1, -0.05) is 0 Å². The number of nitrogens with zero attached hydrogens (tertiary/aromatic N) is 4. The van der Waals surface area contributed by atoms with Gasteiger partial charge in [0.05, 0.1) is 5.52 Å². The molecule has 3 aromatic rings. The van der Waals surface area contributed by atoms with Crippen LogP contribution in [0.25, 0.3) is 16.6 Å². The van der Waals surface area contributed by atoms with Gasteiger partial charge in [-0.3, -0.25) is 9.20 Å². The number of alkyl halides is 5. The summed E-state index contributed by atoms with van der Waals surface area (Å²) in [5.41, 5.74) is 0.0142. The fourth-order valence-electron chi connectivity index (χ4n) is 3.61. The van der Waals surface area contributed by atoms with E-state index in [2.05, 4.69) is 9.97 Å². The van der Waals surface area contributed by atoms with E-state index < -0.39 is 30.6 Å². The Labute approximate surface area is 162 Å². The van der Waals surface area contributed by atoms with Gasteiger partial charge < -0.3 is 4.90 Å². The van der Waals surface area contributed by atoms with Gasteiger partial charge in [0, 0.05) is 43.1 Å². The average Bonchev–Trinajstić information content (AvgIpc) is 3.07. The number of benzene rings is 1. The molecule has 1 aliphatic heterocycles. The second-order valence-electron chi connectivity index (χ2n) is 7.34. The Kier molecular flexibility index (Phi) is 4.29. The molecule has 10 heteroatoms. The smallest absolute Gasteiger partial charge is 0.341 e. The molecule has 0 radical (unpaired) electrons. The standard InChI is InChI=1S/C19H17F5N4O/c1-10-7-12(11(2)29)15-13(8-10)16-25-14(19(22,23)24)9-28(16)17(26-15)27-5-3-18(20,21)4-6-27/h7-9H,3-6H2,1-2H3. The molecule has 1 fully saturated rings. The zero-order chi connectivity index (χ0) is 21.1. The number of imidazole rings is 1. The minimum absolute atomic E-state index is 0.0131. The summed E-state index contributed by atoms with van der Waals surface area (Å²) in [4.78, 5) is 21.8. The van der Waals surface area contributed by atoms with Gasteiger partial charge in [-0.25, -0.2) is 18.7 Å². The minimum Gasteiger partial charge on any atom is -0.341 e. The van der Waals surface area contributed by atoms with Crippen LogP contribution in [-0.2, 0) is 6.18 Å². The summed E-state index contributed by atoms with van der Waals surface area (Å²) in [6.07, 6.45) is -4.72. The maximum Gasteiger partial charge on any atom is 0.434 e. The first-order valence-corrected chi connectivity index (χ1v) is 9.01. The number of anilines is 1. The highest BCUT2D eigenvalue weighted by Gasteiger charge is 2.37. The van der Waals surface area contributed by atoms with Crippen LogP contribution in [-0.4, -0.2) is 39.2 Å². The third kappa shape index (κ3) is 3.40.